The third kappa shape index (κ3) is 2.67. The van der Waals surface area contributed by atoms with Gasteiger partial charge in [0.2, 0.25) is 0 Å². The molecule has 1 N–H and O–H groups in total. The second-order valence-corrected chi connectivity index (χ2v) is 4.55. The highest BCUT2D eigenvalue weighted by Gasteiger charge is 2.29. The molecule has 1 heterocycles. The summed E-state index contributed by atoms with van der Waals surface area (Å²) in [6, 6.07) is 12.3. The first-order valence-corrected chi connectivity index (χ1v) is 6.35. The smallest absolute Gasteiger partial charge is 0.133 e. The van der Waals surface area contributed by atoms with Crippen LogP contribution in [0.25, 0.3) is 0 Å². The number of imidazole rings is 1. The van der Waals surface area contributed by atoms with Gasteiger partial charge in [0, 0.05) is 25.4 Å². The quantitative estimate of drug-likeness (QED) is 0.890. The van der Waals surface area contributed by atoms with Crippen LogP contribution in [0, 0.1) is 18.3 Å². The Kier molecular flexibility index (Phi) is 3.98. The third-order valence-electron chi connectivity index (χ3n) is 3.54. The summed E-state index contributed by atoms with van der Waals surface area (Å²) in [5, 5.41) is 12.8. The fourth-order valence-electron chi connectivity index (χ4n) is 2.24. The van der Waals surface area contributed by atoms with Crippen molar-refractivity contribution in [3.05, 3.63) is 54.1 Å². The largest absolute Gasteiger partial charge is 0.335 e. The molecular formula is C15H18N4. The number of aryl methyl sites for hydroxylation is 2. The average molecular weight is 254 g/mol. The molecular weight excluding hydrogens is 236 g/mol. The Labute approximate surface area is 113 Å². The molecule has 0 bridgehead atoms. The Morgan fingerprint density at radius 1 is 1.37 bits per heavy atom. The zero-order valence-electron chi connectivity index (χ0n) is 11.3. The molecule has 4 heteroatoms. The van der Waals surface area contributed by atoms with Gasteiger partial charge in [-0.15, -0.1) is 0 Å². The first kappa shape index (κ1) is 13.3. The summed E-state index contributed by atoms with van der Waals surface area (Å²) < 4.78 is 2.06. The van der Waals surface area contributed by atoms with E-state index in [1.165, 1.54) is 0 Å². The normalized spacial score (nSPS) is 13.7. The maximum Gasteiger partial charge on any atom is 0.133 e. The lowest BCUT2D eigenvalue weighted by Gasteiger charge is -2.27. The number of nitriles is 1. The van der Waals surface area contributed by atoms with Gasteiger partial charge in [-0.3, -0.25) is 5.32 Å². The topological polar surface area (TPSA) is 53.6 Å². The van der Waals surface area contributed by atoms with Gasteiger partial charge < -0.3 is 4.57 Å². The first-order chi connectivity index (χ1) is 9.22. The van der Waals surface area contributed by atoms with Gasteiger partial charge in [0.25, 0.3) is 0 Å². The second kappa shape index (κ2) is 5.68. The molecule has 0 fully saturated rings. The maximum atomic E-state index is 9.59. The first-order valence-electron chi connectivity index (χ1n) is 6.35. The van der Waals surface area contributed by atoms with E-state index in [1.54, 1.807) is 6.20 Å². The molecule has 1 atom stereocenters. The molecule has 2 rings (SSSR count). The van der Waals surface area contributed by atoms with Gasteiger partial charge in [-0.05, 0) is 19.5 Å². The van der Waals surface area contributed by atoms with E-state index in [1.807, 2.05) is 50.5 Å². The average Bonchev–Trinajstić information content (AvgIpc) is 2.87. The van der Waals surface area contributed by atoms with Crippen molar-refractivity contribution in [2.24, 2.45) is 0 Å². The number of aromatic nitrogens is 2. The summed E-state index contributed by atoms with van der Waals surface area (Å²) in [6.07, 6.45) is 4.42. The van der Waals surface area contributed by atoms with Gasteiger partial charge in [-0.2, -0.15) is 5.26 Å². The molecule has 0 saturated heterocycles. The molecule has 2 aromatic rings. The molecule has 98 valence electrons. The number of hydrogen-bond donors (Lipinski definition) is 1. The van der Waals surface area contributed by atoms with E-state index in [2.05, 4.69) is 20.9 Å². The van der Waals surface area contributed by atoms with Crippen LogP contribution in [0.5, 0.6) is 0 Å². The van der Waals surface area contributed by atoms with E-state index in [4.69, 9.17) is 0 Å². The van der Waals surface area contributed by atoms with Crippen molar-refractivity contribution in [1.82, 2.24) is 14.9 Å². The number of nitrogens with one attached hydrogen (secondary N) is 1. The SMILES string of the molecule is CNC(C#N)(CCn1ccnc1C)c1ccccc1. The molecule has 1 aromatic carbocycles. The van der Waals surface area contributed by atoms with Crippen LogP contribution in [0.1, 0.15) is 17.8 Å². The van der Waals surface area contributed by atoms with Crippen molar-refractivity contribution >= 4 is 0 Å². The number of benzene rings is 1. The molecule has 0 aliphatic heterocycles. The van der Waals surface area contributed by atoms with E-state index in [0.717, 1.165) is 17.9 Å². The van der Waals surface area contributed by atoms with Crippen LogP contribution in [0.15, 0.2) is 42.7 Å². The van der Waals surface area contributed by atoms with Gasteiger partial charge >= 0.3 is 0 Å². The minimum Gasteiger partial charge on any atom is -0.335 e. The highest BCUT2D eigenvalue weighted by atomic mass is 15.1. The predicted octanol–water partition coefficient (Wildman–Crippen LogP) is 2.22. The van der Waals surface area contributed by atoms with Crippen LogP contribution in [-0.2, 0) is 12.1 Å². The van der Waals surface area contributed by atoms with Crippen LogP contribution < -0.4 is 5.32 Å². The minimum absolute atomic E-state index is 0.655. The Bertz CT molecular complexity index is 567. The van der Waals surface area contributed by atoms with Crippen LogP contribution in [0.2, 0.25) is 0 Å². The van der Waals surface area contributed by atoms with Crippen molar-refractivity contribution in [1.29, 1.82) is 5.26 Å². The van der Waals surface area contributed by atoms with E-state index in [-0.39, 0.29) is 0 Å². The lowest BCUT2D eigenvalue weighted by Crippen LogP contribution is -2.39. The zero-order valence-corrected chi connectivity index (χ0v) is 11.3. The lowest BCUT2D eigenvalue weighted by molar-refractivity contribution is 0.399. The monoisotopic (exact) mass is 254 g/mol. The summed E-state index contributed by atoms with van der Waals surface area (Å²) in [7, 11) is 1.83. The van der Waals surface area contributed by atoms with Crippen LogP contribution in [0.4, 0.5) is 0 Å². The summed E-state index contributed by atoms with van der Waals surface area (Å²) in [6.45, 7) is 2.73. The number of nitrogens with zero attached hydrogens (tertiary/aromatic N) is 3. The Balaban J connectivity index is 2.22. The summed E-state index contributed by atoms with van der Waals surface area (Å²) >= 11 is 0. The molecule has 19 heavy (non-hydrogen) atoms. The molecule has 1 aromatic heterocycles. The molecule has 0 saturated carbocycles. The standard InChI is InChI=1S/C15H18N4/c1-13-18-9-11-19(13)10-8-15(12-16,17-2)14-6-4-3-5-7-14/h3-7,9,11,17H,8,10H2,1-2H3. The van der Waals surface area contributed by atoms with Gasteiger partial charge in [0.15, 0.2) is 0 Å². The number of hydrogen-bond acceptors (Lipinski definition) is 3. The van der Waals surface area contributed by atoms with Crippen LogP contribution >= 0.6 is 0 Å². The van der Waals surface area contributed by atoms with E-state index < -0.39 is 5.54 Å². The van der Waals surface area contributed by atoms with E-state index in [9.17, 15) is 5.26 Å². The summed E-state index contributed by atoms with van der Waals surface area (Å²) in [5.41, 5.74) is 0.343. The summed E-state index contributed by atoms with van der Waals surface area (Å²) in [4.78, 5) is 4.20. The second-order valence-electron chi connectivity index (χ2n) is 4.55. The van der Waals surface area contributed by atoms with Crippen molar-refractivity contribution in [3.8, 4) is 6.07 Å². The zero-order chi connectivity index (χ0) is 13.7. The Morgan fingerprint density at radius 3 is 2.63 bits per heavy atom. The maximum absolute atomic E-state index is 9.59. The summed E-state index contributed by atoms with van der Waals surface area (Å²) in [5.74, 6) is 0.969. The van der Waals surface area contributed by atoms with Gasteiger partial charge in [-0.25, -0.2) is 4.98 Å². The van der Waals surface area contributed by atoms with E-state index in [0.29, 0.717) is 6.42 Å². The number of rotatable bonds is 5. The fourth-order valence-corrected chi connectivity index (χ4v) is 2.24. The molecule has 4 nitrogen and oxygen atoms in total. The highest BCUT2D eigenvalue weighted by Crippen LogP contribution is 2.24. The molecule has 0 spiro atoms. The Morgan fingerprint density at radius 2 is 2.11 bits per heavy atom. The Hall–Kier alpha value is -2.12. The van der Waals surface area contributed by atoms with Gasteiger partial charge in [0.05, 0.1) is 6.07 Å². The van der Waals surface area contributed by atoms with Crippen LogP contribution in [0.3, 0.4) is 0 Å². The van der Waals surface area contributed by atoms with Gasteiger partial charge in [0.1, 0.15) is 11.4 Å². The minimum atomic E-state index is -0.655. The van der Waals surface area contributed by atoms with Crippen molar-refractivity contribution in [3.63, 3.8) is 0 Å². The van der Waals surface area contributed by atoms with Gasteiger partial charge in [-0.1, -0.05) is 30.3 Å². The van der Waals surface area contributed by atoms with Crippen molar-refractivity contribution in [2.45, 2.75) is 25.4 Å². The third-order valence-corrected chi connectivity index (χ3v) is 3.54. The molecule has 1 unspecified atom stereocenters. The molecule has 0 aliphatic carbocycles. The predicted molar refractivity (Wildman–Crippen MR) is 74.4 cm³/mol. The van der Waals surface area contributed by atoms with E-state index >= 15 is 0 Å². The lowest BCUT2D eigenvalue weighted by atomic mass is 9.88. The molecule has 0 aliphatic rings. The van der Waals surface area contributed by atoms with Crippen LogP contribution in [-0.4, -0.2) is 16.6 Å². The molecule has 0 amide bonds. The highest BCUT2D eigenvalue weighted by molar-refractivity contribution is 5.31. The van der Waals surface area contributed by atoms with Crippen molar-refractivity contribution < 1.29 is 0 Å². The molecule has 0 radical (unpaired) electrons. The van der Waals surface area contributed by atoms with Crippen molar-refractivity contribution in [2.75, 3.05) is 7.05 Å². The fraction of sp³-hybridized carbons (Fsp3) is 0.333.